The number of carbonyl (C=O) groups excluding carboxylic acids is 1. The van der Waals surface area contributed by atoms with Crippen LogP contribution in [0.2, 0.25) is 0 Å². The minimum atomic E-state index is -0.0423. The van der Waals surface area contributed by atoms with Crippen LogP contribution in [-0.2, 0) is 0 Å². The number of hydrogen-bond acceptors (Lipinski definition) is 4. The van der Waals surface area contributed by atoms with Gasteiger partial charge in [0.1, 0.15) is 0 Å². The topological polar surface area (TPSA) is 88.8 Å². The number of carbonyl (C=O) groups is 1. The number of nitrogen functional groups attached to an aromatic ring is 1. The van der Waals surface area contributed by atoms with Crippen LogP contribution in [0.5, 0.6) is 0 Å². The molecular formula is C16H15N3O2. The lowest BCUT2D eigenvalue weighted by Gasteiger charge is -1.97. The largest absolute Gasteiger partial charge is 0.398 e. The fourth-order valence-electron chi connectivity index (χ4n) is 1.84. The standard InChI is InChI=1S/C8H6N2O.C8H9NO/c11-8-5-9-10-7-4-2-1-3-6(7)8;1-6(10)7-4-2-3-5-8(7)9/h1-5H,(H,10,11);2-5H,9H2,1H3. The van der Waals surface area contributed by atoms with E-state index in [-0.39, 0.29) is 11.2 Å². The molecule has 1 aromatic heterocycles. The van der Waals surface area contributed by atoms with Crippen molar-refractivity contribution in [2.24, 2.45) is 0 Å². The Hall–Kier alpha value is -2.95. The molecule has 0 radical (unpaired) electrons. The fraction of sp³-hybridized carbons (Fsp3) is 0.0625. The highest BCUT2D eigenvalue weighted by Gasteiger charge is 2.00. The molecule has 2 aromatic carbocycles. The van der Waals surface area contributed by atoms with Crippen molar-refractivity contribution < 1.29 is 4.79 Å². The van der Waals surface area contributed by atoms with E-state index in [1.807, 2.05) is 24.3 Å². The van der Waals surface area contributed by atoms with Crippen LogP contribution in [-0.4, -0.2) is 16.0 Å². The Bertz CT molecular complexity index is 819. The molecule has 3 aromatic rings. The lowest BCUT2D eigenvalue weighted by Crippen LogP contribution is -2.01. The van der Waals surface area contributed by atoms with Crippen LogP contribution in [0.4, 0.5) is 5.69 Å². The summed E-state index contributed by atoms with van der Waals surface area (Å²) in [5.74, 6) is 0.0121. The number of nitrogens with zero attached hydrogens (tertiary/aromatic N) is 1. The molecule has 106 valence electrons. The van der Waals surface area contributed by atoms with Crippen molar-refractivity contribution in [3.05, 3.63) is 70.5 Å². The number of Topliss-reactive ketones (excluding diaryl/α,β-unsaturated/α-hetero) is 1. The van der Waals surface area contributed by atoms with Crippen LogP contribution in [0.15, 0.2) is 59.5 Å². The minimum absolute atomic E-state index is 0.0121. The van der Waals surface area contributed by atoms with Crippen LogP contribution in [0.1, 0.15) is 17.3 Å². The van der Waals surface area contributed by atoms with E-state index in [9.17, 15) is 9.59 Å². The van der Waals surface area contributed by atoms with E-state index in [4.69, 9.17) is 5.73 Å². The van der Waals surface area contributed by atoms with Gasteiger partial charge in [0.05, 0.1) is 11.7 Å². The molecule has 0 amide bonds. The van der Waals surface area contributed by atoms with E-state index >= 15 is 0 Å². The zero-order valence-corrected chi connectivity index (χ0v) is 11.5. The third-order valence-corrected chi connectivity index (χ3v) is 2.90. The van der Waals surface area contributed by atoms with Crippen LogP contribution >= 0.6 is 0 Å². The van der Waals surface area contributed by atoms with Gasteiger partial charge < -0.3 is 5.73 Å². The Labute approximate surface area is 121 Å². The van der Waals surface area contributed by atoms with Crippen molar-refractivity contribution in [3.8, 4) is 0 Å². The van der Waals surface area contributed by atoms with E-state index in [0.29, 0.717) is 16.6 Å². The lowest BCUT2D eigenvalue weighted by molar-refractivity contribution is 0.101. The van der Waals surface area contributed by atoms with Gasteiger partial charge in [0.15, 0.2) is 5.78 Å². The average Bonchev–Trinajstić information content (AvgIpc) is 2.49. The van der Waals surface area contributed by atoms with Crippen molar-refractivity contribution in [2.75, 3.05) is 5.73 Å². The normalized spacial score (nSPS) is 9.76. The van der Waals surface area contributed by atoms with E-state index in [1.54, 1.807) is 24.3 Å². The third kappa shape index (κ3) is 3.54. The summed E-state index contributed by atoms with van der Waals surface area (Å²) in [7, 11) is 0. The van der Waals surface area contributed by atoms with Crippen LogP contribution in [0.25, 0.3) is 10.9 Å². The molecule has 3 rings (SSSR count). The molecular weight excluding hydrogens is 266 g/mol. The maximum absolute atomic E-state index is 11.1. The highest BCUT2D eigenvalue weighted by Crippen LogP contribution is 2.09. The third-order valence-electron chi connectivity index (χ3n) is 2.90. The summed E-state index contributed by atoms with van der Waals surface area (Å²) in [5.41, 5.74) is 7.39. The van der Waals surface area contributed by atoms with Gasteiger partial charge in [-0.2, -0.15) is 5.10 Å². The molecule has 1 heterocycles. The first-order valence-electron chi connectivity index (χ1n) is 6.37. The Balaban J connectivity index is 0.000000155. The second-order valence-electron chi connectivity index (χ2n) is 4.42. The van der Waals surface area contributed by atoms with Gasteiger partial charge in [-0.1, -0.05) is 24.3 Å². The monoisotopic (exact) mass is 281 g/mol. The molecule has 0 aliphatic heterocycles. The summed E-state index contributed by atoms with van der Waals surface area (Å²) >= 11 is 0. The summed E-state index contributed by atoms with van der Waals surface area (Å²) in [6.45, 7) is 1.51. The number of ketones is 1. The van der Waals surface area contributed by atoms with E-state index < -0.39 is 0 Å². The molecule has 21 heavy (non-hydrogen) atoms. The predicted molar refractivity (Wildman–Crippen MR) is 83.2 cm³/mol. The van der Waals surface area contributed by atoms with Crippen molar-refractivity contribution in [1.82, 2.24) is 10.2 Å². The number of rotatable bonds is 1. The maximum Gasteiger partial charge on any atom is 0.207 e. The number of hydrogen-bond donors (Lipinski definition) is 2. The van der Waals surface area contributed by atoms with Crippen molar-refractivity contribution >= 4 is 22.4 Å². The summed E-state index contributed by atoms with van der Waals surface area (Å²) in [4.78, 5) is 21.9. The number of fused-ring (bicyclic) bond motifs is 1. The first kappa shape index (κ1) is 14.5. The molecule has 0 unspecified atom stereocenters. The first-order valence-corrected chi connectivity index (χ1v) is 6.37. The van der Waals surface area contributed by atoms with Gasteiger partial charge in [-0.05, 0) is 31.2 Å². The number of H-pyrrole nitrogens is 1. The summed E-state index contributed by atoms with van der Waals surface area (Å²) in [6, 6.07) is 14.3. The highest BCUT2D eigenvalue weighted by molar-refractivity contribution is 5.98. The Morgan fingerprint density at radius 3 is 2.38 bits per heavy atom. The molecule has 3 N–H and O–H groups in total. The zero-order valence-electron chi connectivity index (χ0n) is 11.5. The van der Waals surface area contributed by atoms with Crippen LogP contribution in [0.3, 0.4) is 0 Å². The van der Waals surface area contributed by atoms with E-state index in [1.165, 1.54) is 13.1 Å². The Kier molecular flexibility index (Phi) is 4.46. The molecule has 0 aliphatic rings. The van der Waals surface area contributed by atoms with Gasteiger partial charge in [0, 0.05) is 16.6 Å². The van der Waals surface area contributed by atoms with Gasteiger partial charge >= 0.3 is 0 Å². The molecule has 0 atom stereocenters. The smallest absolute Gasteiger partial charge is 0.207 e. The minimum Gasteiger partial charge on any atom is -0.398 e. The quantitative estimate of drug-likeness (QED) is 0.529. The lowest BCUT2D eigenvalue weighted by atomic mass is 10.1. The van der Waals surface area contributed by atoms with Gasteiger partial charge in [0.2, 0.25) is 5.43 Å². The summed E-state index contributed by atoms with van der Waals surface area (Å²) in [5, 5.41) is 7.10. The van der Waals surface area contributed by atoms with Crippen molar-refractivity contribution in [1.29, 1.82) is 0 Å². The molecule has 5 nitrogen and oxygen atoms in total. The van der Waals surface area contributed by atoms with Crippen molar-refractivity contribution in [2.45, 2.75) is 6.92 Å². The molecule has 0 bridgehead atoms. The summed E-state index contributed by atoms with van der Waals surface area (Å²) in [6.07, 6.45) is 1.28. The number of nitrogens with two attached hydrogens (primary N) is 1. The van der Waals surface area contributed by atoms with Gasteiger partial charge in [-0.3, -0.25) is 14.7 Å². The number of para-hydroxylation sites is 2. The van der Waals surface area contributed by atoms with E-state index in [2.05, 4.69) is 10.2 Å². The zero-order chi connectivity index (χ0) is 15.2. The molecule has 0 fully saturated rings. The van der Waals surface area contributed by atoms with Crippen molar-refractivity contribution in [3.63, 3.8) is 0 Å². The van der Waals surface area contributed by atoms with Gasteiger partial charge in [-0.25, -0.2) is 0 Å². The molecule has 5 heteroatoms. The number of aromatic nitrogens is 2. The molecule has 0 saturated heterocycles. The second kappa shape index (κ2) is 6.47. The average molecular weight is 281 g/mol. The Morgan fingerprint density at radius 2 is 1.76 bits per heavy atom. The molecule has 0 saturated carbocycles. The van der Waals surface area contributed by atoms with Crippen LogP contribution < -0.4 is 11.2 Å². The number of anilines is 1. The highest BCUT2D eigenvalue weighted by atomic mass is 16.1. The number of benzene rings is 2. The fourth-order valence-corrected chi connectivity index (χ4v) is 1.84. The van der Waals surface area contributed by atoms with E-state index in [0.717, 1.165) is 5.52 Å². The molecule has 0 aliphatic carbocycles. The number of aromatic amines is 1. The first-order chi connectivity index (χ1) is 10.1. The van der Waals surface area contributed by atoms with Gasteiger partial charge in [-0.15, -0.1) is 0 Å². The number of nitrogens with one attached hydrogen (secondary N) is 1. The second-order valence-corrected chi connectivity index (χ2v) is 4.42. The van der Waals surface area contributed by atoms with Gasteiger partial charge in [0.25, 0.3) is 0 Å². The molecule has 0 spiro atoms. The SMILES string of the molecule is CC(=O)c1ccccc1N.O=c1cn[nH]c2ccccc12. The predicted octanol–water partition coefficient (Wildman–Crippen LogP) is 2.39. The van der Waals surface area contributed by atoms with Crippen LogP contribution in [0, 0.1) is 0 Å². The maximum atomic E-state index is 11.1. The summed E-state index contributed by atoms with van der Waals surface area (Å²) < 4.78 is 0. The Morgan fingerprint density at radius 1 is 1.10 bits per heavy atom.